The quantitative estimate of drug-likeness (QED) is 0.752. The van der Waals surface area contributed by atoms with E-state index in [1.807, 2.05) is 0 Å². The van der Waals surface area contributed by atoms with Crippen molar-refractivity contribution in [1.29, 1.82) is 0 Å². The zero-order valence-electron chi connectivity index (χ0n) is 10.6. The van der Waals surface area contributed by atoms with Gasteiger partial charge in [-0.15, -0.1) is 0 Å². The maximum absolute atomic E-state index is 12.2. The van der Waals surface area contributed by atoms with Gasteiger partial charge < -0.3 is 4.74 Å². The minimum absolute atomic E-state index is 0.170. The molecule has 0 radical (unpaired) electrons. The molecule has 7 nitrogen and oxygen atoms in total. The number of carbonyl (C=O) groups excluding carboxylic acids is 1. The SMILES string of the molecule is COC(=O)C1CCCC1S(=O)(=O)NCc1cn[nH]c1. The maximum Gasteiger partial charge on any atom is 0.310 e. The van der Waals surface area contributed by atoms with E-state index in [4.69, 9.17) is 0 Å². The number of rotatable bonds is 5. The Labute approximate surface area is 111 Å². The molecule has 2 N–H and O–H groups in total. The van der Waals surface area contributed by atoms with E-state index in [-0.39, 0.29) is 6.54 Å². The lowest BCUT2D eigenvalue weighted by molar-refractivity contribution is -0.145. The van der Waals surface area contributed by atoms with Gasteiger partial charge in [-0.25, -0.2) is 13.1 Å². The molecule has 1 aliphatic carbocycles. The first-order chi connectivity index (χ1) is 9.04. The van der Waals surface area contributed by atoms with Crippen molar-refractivity contribution in [3.05, 3.63) is 18.0 Å². The first-order valence-corrected chi connectivity index (χ1v) is 7.63. The Morgan fingerprint density at radius 2 is 2.37 bits per heavy atom. The summed E-state index contributed by atoms with van der Waals surface area (Å²) in [5.41, 5.74) is 0.746. The van der Waals surface area contributed by atoms with Gasteiger partial charge >= 0.3 is 5.97 Å². The average Bonchev–Trinajstić information content (AvgIpc) is 3.06. The number of aromatic nitrogens is 2. The largest absolute Gasteiger partial charge is 0.469 e. The van der Waals surface area contributed by atoms with Crippen LogP contribution in [0.15, 0.2) is 12.4 Å². The number of nitrogens with one attached hydrogen (secondary N) is 2. The zero-order valence-corrected chi connectivity index (χ0v) is 11.4. The summed E-state index contributed by atoms with van der Waals surface area (Å²) in [4.78, 5) is 11.6. The Balaban J connectivity index is 2.04. The molecule has 0 bridgehead atoms. The van der Waals surface area contributed by atoms with Crippen LogP contribution in [-0.2, 0) is 26.1 Å². The van der Waals surface area contributed by atoms with E-state index in [0.717, 1.165) is 12.0 Å². The van der Waals surface area contributed by atoms with Gasteiger partial charge in [0, 0.05) is 18.3 Å². The van der Waals surface area contributed by atoms with Gasteiger partial charge in [0.25, 0.3) is 0 Å². The maximum atomic E-state index is 12.2. The Bertz CT molecular complexity index is 526. The van der Waals surface area contributed by atoms with Crippen LogP contribution in [0.25, 0.3) is 0 Å². The minimum atomic E-state index is -3.53. The van der Waals surface area contributed by atoms with Gasteiger partial charge in [0.15, 0.2) is 0 Å². The van der Waals surface area contributed by atoms with Crippen molar-refractivity contribution in [2.75, 3.05) is 7.11 Å². The predicted molar refractivity (Wildman–Crippen MR) is 67.5 cm³/mol. The van der Waals surface area contributed by atoms with Crippen molar-refractivity contribution in [1.82, 2.24) is 14.9 Å². The van der Waals surface area contributed by atoms with Crippen LogP contribution >= 0.6 is 0 Å². The third-order valence-corrected chi connectivity index (χ3v) is 5.30. The molecule has 0 spiro atoms. The topological polar surface area (TPSA) is 101 Å². The molecular weight excluding hydrogens is 270 g/mol. The number of nitrogens with zero attached hydrogens (tertiary/aromatic N) is 1. The second-order valence-corrected chi connectivity index (χ2v) is 6.56. The summed E-state index contributed by atoms with van der Waals surface area (Å²) in [5.74, 6) is -1.01. The lowest BCUT2D eigenvalue weighted by Gasteiger charge is -2.18. The summed E-state index contributed by atoms with van der Waals surface area (Å²) >= 11 is 0. The number of hydrogen-bond donors (Lipinski definition) is 2. The van der Waals surface area contributed by atoms with Gasteiger partial charge in [-0.3, -0.25) is 9.89 Å². The molecule has 1 fully saturated rings. The highest BCUT2D eigenvalue weighted by atomic mass is 32.2. The van der Waals surface area contributed by atoms with E-state index >= 15 is 0 Å². The van der Waals surface area contributed by atoms with Crippen LogP contribution in [0.3, 0.4) is 0 Å². The highest BCUT2D eigenvalue weighted by molar-refractivity contribution is 7.90. The Kier molecular flexibility index (Phi) is 4.20. The molecule has 0 aliphatic heterocycles. The fourth-order valence-electron chi connectivity index (χ4n) is 2.38. The molecule has 8 heteroatoms. The molecule has 2 rings (SSSR count). The van der Waals surface area contributed by atoms with Crippen LogP contribution in [0.1, 0.15) is 24.8 Å². The summed E-state index contributed by atoms with van der Waals surface area (Å²) in [5, 5.41) is 5.65. The van der Waals surface area contributed by atoms with E-state index in [9.17, 15) is 13.2 Å². The Hall–Kier alpha value is -1.41. The van der Waals surface area contributed by atoms with E-state index in [1.165, 1.54) is 7.11 Å². The highest BCUT2D eigenvalue weighted by Crippen LogP contribution is 2.31. The number of ether oxygens (including phenoxy) is 1. The summed E-state index contributed by atoms with van der Waals surface area (Å²) in [6, 6.07) is 0. The predicted octanol–water partition coefficient (Wildman–Crippen LogP) is 0.171. The van der Waals surface area contributed by atoms with Crippen molar-refractivity contribution < 1.29 is 17.9 Å². The van der Waals surface area contributed by atoms with Gasteiger partial charge in [0.05, 0.1) is 24.5 Å². The highest BCUT2D eigenvalue weighted by Gasteiger charge is 2.41. The van der Waals surface area contributed by atoms with Crippen LogP contribution in [0, 0.1) is 5.92 Å². The number of methoxy groups -OCH3 is 1. The average molecular weight is 287 g/mol. The third kappa shape index (κ3) is 3.13. The van der Waals surface area contributed by atoms with Gasteiger partial charge in [-0.2, -0.15) is 5.10 Å². The second kappa shape index (κ2) is 5.70. The van der Waals surface area contributed by atoms with Crippen LogP contribution in [0.5, 0.6) is 0 Å². The first-order valence-electron chi connectivity index (χ1n) is 6.08. The number of sulfonamides is 1. The smallest absolute Gasteiger partial charge is 0.310 e. The zero-order chi connectivity index (χ0) is 13.9. The van der Waals surface area contributed by atoms with Crippen molar-refractivity contribution >= 4 is 16.0 Å². The molecular formula is C11H17N3O4S. The van der Waals surface area contributed by atoms with Crippen molar-refractivity contribution in [2.24, 2.45) is 5.92 Å². The third-order valence-electron chi connectivity index (χ3n) is 3.39. The van der Waals surface area contributed by atoms with E-state index < -0.39 is 27.2 Å². The van der Waals surface area contributed by atoms with Crippen LogP contribution < -0.4 is 4.72 Å². The number of carbonyl (C=O) groups is 1. The van der Waals surface area contributed by atoms with Gasteiger partial charge in [0.2, 0.25) is 10.0 Å². The monoisotopic (exact) mass is 287 g/mol. The minimum Gasteiger partial charge on any atom is -0.469 e. The second-order valence-electron chi connectivity index (χ2n) is 4.57. The molecule has 0 aromatic carbocycles. The van der Waals surface area contributed by atoms with Gasteiger partial charge in [-0.05, 0) is 12.8 Å². The molecule has 1 aromatic rings. The summed E-state index contributed by atoms with van der Waals surface area (Å²) in [6.07, 6.45) is 4.94. The van der Waals surface area contributed by atoms with Gasteiger partial charge in [-0.1, -0.05) is 6.42 Å². The van der Waals surface area contributed by atoms with E-state index in [1.54, 1.807) is 12.4 Å². The first kappa shape index (κ1) is 14.0. The molecule has 1 aliphatic rings. The number of H-pyrrole nitrogens is 1. The summed E-state index contributed by atoms with van der Waals surface area (Å²) in [6.45, 7) is 0.170. The van der Waals surface area contributed by atoms with Crippen molar-refractivity contribution in [3.8, 4) is 0 Å². The lowest BCUT2D eigenvalue weighted by atomic mass is 10.1. The molecule has 106 valence electrons. The van der Waals surface area contributed by atoms with Gasteiger partial charge in [0.1, 0.15) is 0 Å². The number of hydrogen-bond acceptors (Lipinski definition) is 5. The summed E-state index contributed by atoms with van der Waals surface area (Å²) < 4.78 is 31.6. The molecule has 1 saturated carbocycles. The van der Waals surface area contributed by atoms with Crippen molar-refractivity contribution in [3.63, 3.8) is 0 Å². The van der Waals surface area contributed by atoms with Crippen LogP contribution in [0.2, 0.25) is 0 Å². The Morgan fingerprint density at radius 1 is 1.58 bits per heavy atom. The molecule has 2 atom stereocenters. The summed E-state index contributed by atoms with van der Waals surface area (Å²) in [7, 11) is -2.25. The van der Waals surface area contributed by atoms with Crippen LogP contribution in [0.4, 0.5) is 0 Å². The molecule has 0 amide bonds. The lowest BCUT2D eigenvalue weighted by Crippen LogP contribution is -2.39. The normalized spacial score (nSPS) is 23.4. The standard InChI is InChI=1S/C11H17N3O4S/c1-18-11(15)9-3-2-4-10(9)19(16,17)14-7-8-5-12-13-6-8/h5-6,9-10,14H,2-4,7H2,1H3,(H,12,13). The molecule has 19 heavy (non-hydrogen) atoms. The molecule has 1 aromatic heterocycles. The molecule has 1 heterocycles. The molecule has 2 unspecified atom stereocenters. The fraction of sp³-hybridized carbons (Fsp3) is 0.636. The van der Waals surface area contributed by atoms with E-state index in [2.05, 4.69) is 19.7 Å². The number of esters is 1. The van der Waals surface area contributed by atoms with Crippen molar-refractivity contribution in [2.45, 2.75) is 31.1 Å². The molecule has 0 saturated heterocycles. The van der Waals surface area contributed by atoms with Crippen LogP contribution in [-0.4, -0.2) is 36.9 Å². The number of aromatic amines is 1. The van der Waals surface area contributed by atoms with E-state index in [0.29, 0.717) is 12.8 Å². The fourth-order valence-corrected chi connectivity index (χ4v) is 4.12. The Morgan fingerprint density at radius 3 is 3.00 bits per heavy atom.